The lowest BCUT2D eigenvalue weighted by Gasteiger charge is -2.19. The van der Waals surface area contributed by atoms with Gasteiger partial charge in [-0.1, -0.05) is 30.3 Å². The molecule has 0 bridgehead atoms. The van der Waals surface area contributed by atoms with Crippen molar-refractivity contribution in [3.8, 4) is 0 Å². The highest BCUT2D eigenvalue weighted by molar-refractivity contribution is 5.97. The number of amides is 2. The minimum atomic E-state index is -0.747. The zero-order valence-electron chi connectivity index (χ0n) is 14.1. The second-order valence-corrected chi connectivity index (χ2v) is 5.87. The molecule has 0 aliphatic carbocycles. The van der Waals surface area contributed by atoms with E-state index in [9.17, 15) is 9.59 Å². The number of nitrogens with zero attached hydrogens (tertiary/aromatic N) is 1. The number of carbonyl (C=O) groups is 2. The molecule has 7 nitrogen and oxygen atoms in total. The maximum absolute atomic E-state index is 12.6. The van der Waals surface area contributed by atoms with E-state index in [1.807, 2.05) is 30.3 Å². The van der Waals surface area contributed by atoms with E-state index in [0.717, 1.165) is 24.9 Å². The minimum absolute atomic E-state index is 0. The summed E-state index contributed by atoms with van der Waals surface area (Å²) in [5, 5.41) is 15.4. The lowest BCUT2D eigenvalue weighted by Crippen LogP contribution is -2.39. The summed E-state index contributed by atoms with van der Waals surface area (Å²) in [5.74, 6) is 0.0498. The van der Waals surface area contributed by atoms with Crippen molar-refractivity contribution in [2.75, 3.05) is 11.9 Å². The fourth-order valence-corrected chi connectivity index (χ4v) is 2.85. The summed E-state index contributed by atoms with van der Waals surface area (Å²) in [4.78, 5) is 24.9. The third-order valence-electron chi connectivity index (χ3n) is 4.05. The normalized spacial score (nSPS) is 16.7. The van der Waals surface area contributed by atoms with E-state index in [4.69, 9.17) is 0 Å². The van der Waals surface area contributed by atoms with Crippen LogP contribution in [0, 0.1) is 0 Å². The summed E-state index contributed by atoms with van der Waals surface area (Å²) in [6.45, 7) is 0.945. The van der Waals surface area contributed by atoms with Gasteiger partial charge in [0, 0.05) is 18.5 Å². The Morgan fingerprint density at radius 2 is 1.96 bits per heavy atom. The fraction of sp³-hybridized carbons (Fsp3) is 0.353. The minimum Gasteiger partial charge on any atom is -0.340 e. The van der Waals surface area contributed by atoms with E-state index in [1.54, 1.807) is 12.3 Å². The molecule has 1 aromatic carbocycles. The highest BCUT2D eigenvalue weighted by atomic mass is 35.5. The van der Waals surface area contributed by atoms with Crippen LogP contribution in [0.25, 0.3) is 0 Å². The molecule has 2 heterocycles. The topological polar surface area (TPSA) is 98.9 Å². The van der Waals surface area contributed by atoms with Crippen molar-refractivity contribution in [1.29, 1.82) is 0 Å². The number of H-pyrrole nitrogens is 1. The van der Waals surface area contributed by atoms with Gasteiger partial charge in [0.25, 0.3) is 5.91 Å². The zero-order valence-corrected chi connectivity index (χ0v) is 15.7. The highest BCUT2D eigenvalue weighted by Crippen LogP contribution is 2.16. The standard InChI is InChI=1S/C17H21N5O2.2ClH/c23-15(11-13-7-4-9-18-13)21-16(12-5-2-1-3-6-12)17(24)20-14-8-10-19-22-14;;/h1-3,5-6,8,10,13,16,18H,4,7,9,11H2,(H,21,23)(H2,19,20,22,24);2*1H. The van der Waals surface area contributed by atoms with Gasteiger partial charge < -0.3 is 16.0 Å². The molecule has 1 aliphatic rings. The molecule has 26 heavy (non-hydrogen) atoms. The van der Waals surface area contributed by atoms with Crippen LogP contribution in [0.4, 0.5) is 5.82 Å². The van der Waals surface area contributed by atoms with Crippen molar-refractivity contribution < 1.29 is 9.59 Å². The number of aromatic nitrogens is 2. The van der Waals surface area contributed by atoms with Gasteiger partial charge in [-0.2, -0.15) is 5.10 Å². The lowest BCUT2D eigenvalue weighted by molar-refractivity contribution is -0.127. The van der Waals surface area contributed by atoms with Crippen molar-refractivity contribution in [3.05, 3.63) is 48.2 Å². The van der Waals surface area contributed by atoms with Gasteiger partial charge >= 0.3 is 0 Å². The number of halogens is 2. The van der Waals surface area contributed by atoms with Crippen molar-refractivity contribution >= 4 is 42.4 Å². The Morgan fingerprint density at radius 1 is 1.19 bits per heavy atom. The molecule has 1 saturated heterocycles. The molecule has 142 valence electrons. The molecule has 2 aromatic rings. The number of nitrogens with one attached hydrogen (secondary N) is 4. The Balaban J connectivity index is 0.00000169. The van der Waals surface area contributed by atoms with Crippen LogP contribution in [0.15, 0.2) is 42.6 Å². The average molecular weight is 400 g/mol. The molecular weight excluding hydrogens is 377 g/mol. The Labute approximate surface area is 164 Å². The Bertz CT molecular complexity index is 676. The first-order valence-corrected chi connectivity index (χ1v) is 8.10. The van der Waals surface area contributed by atoms with E-state index < -0.39 is 6.04 Å². The average Bonchev–Trinajstić information content (AvgIpc) is 3.27. The Hall–Kier alpha value is -2.09. The number of anilines is 1. The van der Waals surface area contributed by atoms with Gasteiger partial charge in [-0.05, 0) is 24.9 Å². The van der Waals surface area contributed by atoms with Crippen LogP contribution in [0.1, 0.15) is 30.9 Å². The molecule has 0 saturated carbocycles. The molecule has 0 radical (unpaired) electrons. The summed E-state index contributed by atoms with van der Waals surface area (Å²) < 4.78 is 0. The van der Waals surface area contributed by atoms with Crippen LogP contribution >= 0.6 is 24.8 Å². The Morgan fingerprint density at radius 3 is 2.58 bits per heavy atom. The number of rotatable bonds is 6. The molecule has 9 heteroatoms. The first kappa shape index (κ1) is 22.0. The summed E-state index contributed by atoms with van der Waals surface area (Å²) in [7, 11) is 0. The molecule has 1 aliphatic heterocycles. The molecule has 1 fully saturated rings. The summed E-state index contributed by atoms with van der Waals surface area (Å²) in [5.41, 5.74) is 0.738. The summed E-state index contributed by atoms with van der Waals surface area (Å²) in [6.07, 6.45) is 4.00. The SMILES string of the molecule is Cl.Cl.O=C(CC1CCCN1)NC(C(=O)Nc1ccn[nH]1)c1ccccc1. The Kier molecular flexibility index (Phi) is 9.12. The third kappa shape index (κ3) is 6.01. The van der Waals surface area contributed by atoms with Crippen LogP contribution in [-0.4, -0.2) is 34.6 Å². The van der Waals surface area contributed by atoms with Crippen LogP contribution < -0.4 is 16.0 Å². The molecule has 4 N–H and O–H groups in total. The maximum atomic E-state index is 12.6. The molecule has 2 amide bonds. The van der Waals surface area contributed by atoms with Gasteiger partial charge in [0.1, 0.15) is 11.9 Å². The van der Waals surface area contributed by atoms with E-state index >= 15 is 0 Å². The predicted molar refractivity (Wildman–Crippen MR) is 105 cm³/mol. The van der Waals surface area contributed by atoms with Gasteiger partial charge in [-0.15, -0.1) is 24.8 Å². The molecule has 3 rings (SSSR count). The second-order valence-electron chi connectivity index (χ2n) is 5.87. The molecular formula is C17H23Cl2N5O2. The number of carbonyl (C=O) groups excluding carboxylic acids is 2. The van der Waals surface area contributed by atoms with Gasteiger partial charge in [-0.25, -0.2) is 0 Å². The van der Waals surface area contributed by atoms with Crippen LogP contribution in [-0.2, 0) is 9.59 Å². The van der Waals surface area contributed by atoms with E-state index in [2.05, 4.69) is 26.1 Å². The van der Waals surface area contributed by atoms with Gasteiger partial charge in [-0.3, -0.25) is 14.7 Å². The van der Waals surface area contributed by atoms with Crippen molar-refractivity contribution in [1.82, 2.24) is 20.8 Å². The number of hydrogen-bond acceptors (Lipinski definition) is 4. The second kappa shape index (κ2) is 10.8. The van der Waals surface area contributed by atoms with Crippen LogP contribution in [0.5, 0.6) is 0 Å². The maximum Gasteiger partial charge on any atom is 0.252 e. The molecule has 2 atom stereocenters. The summed E-state index contributed by atoms with van der Waals surface area (Å²) >= 11 is 0. The van der Waals surface area contributed by atoms with Gasteiger partial charge in [0.15, 0.2) is 0 Å². The third-order valence-corrected chi connectivity index (χ3v) is 4.05. The summed E-state index contributed by atoms with van der Waals surface area (Å²) in [6, 6.07) is 10.3. The van der Waals surface area contributed by atoms with E-state index in [-0.39, 0.29) is 42.7 Å². The first-order chi connectivity index (χ1) is 11.7. The van der Waals surface area contributed by atoms with Crippen molar-refractivity contribution in [2.45, 2.75) is 31.3 Å². The molecule has 1 aromatic heterocycles. The number of aromatic amines is 1. The number of hydrogen-bond donors (Lipinski definition) is 4. The monoisotopic (exact) mass is 399 g/mol. The van der Waals surface area contributed by atoms with E-state index in [0.29, 0.717) is 12.2 Å². The van der Waals surface area contributed by atoms with Gasteiger partial charge in [0.05, 0.1) is 6.20 Å². The molecule has 2 unspecified atom stereocenters. The van der Waals surface area contributed by atoms with Crippen molar-refractivity contribution in [2.24, 2.45) is 0 Å². The first-order valence-electron chi connectivity index (χ1n) is 8.10. The predicted octanol–water partition coefficient (Wildman–Crippen LogP) is 2.19. The largest absolute Gasteiger partial charge is 0.340 e. The quantitative estimate of drug-likeness (QED) is 0.598. The fourth-order valence-electron chi connectivity index (χ4n) is 2.85. The number of benzene rings is 1. The lowest BCUT2D eigenvalue weighted by atomic mass is 10.1. The highest BCUT2D eigenvalue weighted by Gasteiger charge is 2.25. The zero-order chi connectivity index (χ0) is 16.8. The molecule has 0 spiro atoms. The van der Waals surface area contributed by atoms with Gasteiger partial charge in [0.2, 0.25) is 5.91 Å². The van der Waals surface area contributed by atoms with Crippen molar-refractivity contribution in [3.63, 3.8) is 0 Å². The smallest absolute Gasteiger partial charge is 0.252 e. The van der Waals surface area contributed by atoms with Crippen LogP contribution in [0.2, 0.25) is 0 Å². The van der Waals surface area contributed by atoms with Crippen LogP contribution in [0.3, 0.4) is 0 Å². The van der Waals surface area contributed by atoms with E-state index in [1.165, 1.54) is 0 Å².